The number of aliphatic carboxylic acids is 1. The molecule has 3 saturated heterocycles. The van der Waals surface area contributed by atoms with Crippen molar-refractivity contribution in [2.24, 2.45) is 0 Å². The third-order valence-electron chi connectivity index (χ3n) is 9.32. The van der Waals surface area contributed by atoms with E-state index in [1.54, 1.807) is 0 Å². The Kier molecular flexibility index (Phi) is 19.1. The molecule has 3 aliphatic rings. The van der Waals surface area contributed by atoms with E-state index in [2.05, 4.69) is 58.8 Å². The molecule has 0 aliphatic carbocycles. The van der Waals surface area contributed by atoms with Crippen LogP contribution in [0.2, 0.25) is 0 Å². The average Bonchev–Trinajstić information content (AvgIpc) is 3.86. The number of likely N-dealkylation sites (tertiary alicyclic amines) is 2. The van der Waals surface area contributed by atoms with Crippen LogP contribution in [0.5, 0.6) is 0 Å². The first kappa shape index (κ1) is 43.0. The second kappa shape index (κ2) is 22.6. The lowest BCUT2D eigenvalue weighted by molar-refractivity contribution is -0.197. The molecule has 4 atom stereocenters. The van der Waals surface area contributed by atoms with Gasteiger partial charge in [0.2, 0.25) is 23.6 Å². The molecule has 3 aliphatic heterocycles. The zero-order valence-corrected chi connectivity index (χ0v) is 30.5. The highest BCUT2D eigenvalue weighted by Crippen LogP contribution is 2.22. The van der Waals surface area contributed by atoms with Crippen molar-refractivity contribution in [3.63, 3.8) is 0 Å². The molecule has 17 nitrogen and oxygen atoms in total. The highest BCUT2D eigenvalue weighted by atomic mass is 16.7. The second-order valence-electron chi connectivity index (χ2n) is 13.0. The molecule has 0 aromatic heterocycles. The van der Waals surface area contributed by atoms with Crippen LogP contribution in [0.1, 0.15) is 105 Å². The fraction of sp³-hybridized carbons (Fsp3) is 0.765. The highest BCUT2D eigenvalue weighted by Gasteiger charge is 2.34. The molecular formula is C34H57N7O10. The highest BCUT2D eigenvalue weighted by molar-refractivity contribution is 6.01. The zero-order chi connectivity index (χ0) is 37.9. The SMILES string of the molecule is CCC(C)N1CCCC1C(=O)NCCC(=O)NCCC(=O)O.CCC(C)N1CCCC1C(=O)NCCC(=O)NCCC(=O)ON1C(=O)CCC1=O. The topological polar surface area (TPSA) is 224 Å². The maximum absolute atomic E-state index is 12.4. The number of hydrogen-bond donors (Lipinski definition) is 5. The molecule has 3 fully saturated rings. The van der Waals surface area contributed by atoms with Crippen LogP contribution in [0, 0.1) is 0 Å². The Bertz CT molecular complexity index is 1220. The number of imide groups is 1. The van der Waals surface area contributed by atoms with Crippen LogP contribution in [-0.4, -0.2) is 131 Å². The molecule has 51 heavy (non-hydrogen) atoms. The van der Waals surface area contributed by atoms with Gasteiger partial charge in [0.1, 0.15) is 0 Å². The molecular weight excluding hydrogens is 666 g/mol. The van der Waals surface area contributed by atoms with Gasteiger partial charge in [0, 0.05) is 63.9 Å². The Labute approximate surface area is 299 Å². The standard InChI is InChI=1S/C19H30N4O6.C15H27N3O4/c1-3-13(2)22-12-4-5-14(22)19(28)21-10-8-15(24)20-11-9-18(27)29-23-16(25)6-7-17(23)26;1-3-11(2)18-10-4-5-12(18)15(22)17-8-6-13(19)16-9-7-14(20)21/h13-14H,3-12H2,1-2H3,(H,20,24)(H,21,28);11-12H,3-10H2,1-2H3,(H,16,19)(H,17,22)(H,20,21). The van der Waals surface area contributed by atoms with Crippen LogP contribution in [-0.2, 0) is 43.2 Å². The zero-order valence-electron chi connectivity index (χ0n) is 30.5. The maximum atomic E-state index is 12.4. The van der Waals surface area contributed by atoms with Crippen LogP contribution >= 0.6 is 0 Å². The maximum Gasteiger partial charge on any atom is 0.334 e. The van der Waals surface area contributed by atoms with E-state index in [1.165, 1.54) is 0 Å². The van der Waals surface area contributed by atoms with E-state index in [9.17, 15) is 38.4 Å². The lowest BCUT2D eigenvalue weighted by atomic mass is 10.1. The fourth-order valence-electron chi connectivity index (χ4n) is 6.09. The fourth-order valence-corrected chi connectivity index (χ4v) is 6.09. The molecule has 0 aromatic carbocycles. The van der Waals surface area contributed by atoms with Gasteiger partial charge in [-0.3, -0.25) is 43.4 Å². The predicted molar refractivity (Wildman–Crippen MR) is 184 cm³/mol. The smallest absolute Gasteiger partial charge is 0.334 e. The van der Waals surface area contributed by atoms with Crippen molar-refractivity contribution in [1.82, 2.24) is 36.1 Å². The van der Waals surface area contributed by atoms with E-state index in [0.717, 1.165) is 51.6 Å². The summed E-state index contributed by atoms with van der Waals surface area (Å²) in [6.07, 6.45) is 5.77. The van der Waals surface area contributed by atoms with E-state index < -0.39 is 23.8 Å². The summed E-state index contributed by atoms with van der Waals surface area (Å²) in [7, 11) is 0. The first-order valence-electron chi connectivity index (χ1n) is 18.2. The average molecular weight is 724 g/mol. The lowest BCUT2D eigenvalue weighted by Crippen LogP contribution is -2.47. The first-order chi connectivity index (χ1) is 24.3. The molecule has 288 valence electrons. The van der Waals surface area contributed by atoms with Gasteiger partial charge in [0.25, 0.3) is 11.8 Å². The van der Waals surface area contributed by atoms with E-state index in [1.807, 2.05) is 0 Å². The Morgan fingerprint density at radius 3 is 1.51 bits per heavy atom. The van der Waals surface area contributed by atoms with E-state index in [4.69, 9.17) is 9.94 Å². The second-order valence-corrected chi connectivity index (χ2v) is 13.0. The summed E-state index contributed by atoms with van der Waals surface area (Å²) in [5, 5.41) is 19.6. The first-order valence-corrected chi connectivity index (χ1v) is 18.2. The van der Waals surface area contributed by atoms with Crippen molar-refractivity contribution in [2.75, 3.05) is 39.3 Å². The Hall–Kier alpha value is -4.12. The van der Waals surface area contributed by atoms with Gasteiger partial charge in [-0.25, -0.2) is 4.79 Å². The number of hydrogen-bond acceptors (Lipinski definition) is 11. The molecule has 0 bridgehead atoms. The molecule has 4 unspecified atom stereocenters. The summed E-state index contributed by atoms with van der Waals surface area (Å²) in [6, 6.07) is 0.504. The van der Waals surface area contributed by atoms with Crippen LogP contribution in [0.4, 0.5) is 0 Å². The molecule has 17 heteroatoms. The van der Waals surface area contributed by atoms with E-state index >= 15 is 0 Å². The number of carbonyl (C=O) groups is 8. The number of hydroxylamine groups is 2. The Balaban J connectivity index is 0.000000368. The van der Waals surface area contributed by atoms with Crippen LogP contribution in [0.15, 0.2) is 0 Å². The van der Waals surface area contributed by atoms with E-state index in [0.29, 0.717) is 17.1 Å². The molecule has 3 heterocycles. The number of amides is 6. The third-order valence-corrected chi connectivity index (χ3v) is 9.32. The van der Waals surface area contributed by atoms with Gasteiger partial charge < -0.3 is 31.2 Å². The molecule has 0 radical (unpaired) electrons. The normalized spacial score (nSPS) is 20.2. The summed E-state index contributed by atoms with van der Waals surface area (Å²) in [4.78, 5) is 102. The molecule has 6 amide bonds. The minimum absolute atomic E-state index is 0.0175. The van der Waals surface area contributed by atoms with Crippen LogP contribution in [0.3, 0.4) is 0 Å². The quantitative estimate of drug-likeness (QED) is 0.113. The summed E-state index contributed by atoms with van der Waals surface area (Å²) in [6.45, 7) is 10.9. The summed E-state index contributed by atoms with van der Waals surface area (Å²) in [5.74, 6) is -3.43. The molecule has 0 spiro atoms. The third kappa shape index (κ3) is 14.9. The van der Waals surface area contributed by atoms with Crippen molar-refractivity contribution < 1.29 is 48.3 Å². The number of carboxylic acid groups (broad SMARTS) is 1. The molecule has 5 N–H and O–H groups in total. The molecule has 3 rings (SSSR count). The number of carbonyl (C=O) groups excluding carboxylic acids is 7. The minimum atomic E-state index is -0.944. The van der Waals surface area contributed by atoms with Crippen molar-refractivity contribution >= 4 is 47.4 Å². The van der Waals surface area contributed by atoms with Crippen molar-refractivity contribution in [1.29, 1.82) is 0 Å². The summed E-state index contributed by atoms with van der Waals surface area (Å²) in [5.41, 5.74) is 0. The van der Waals surface area contributed by atoms with E-state index in [-0.39, 0.29) is 100 Å². The van der Waals surface area contributed by atoms with Crippen LogP contribution < -0.4 is 21.3 Å². The van der Waals surface area contributed by atoms with Crippen molar-refractivity contribution in [3.05, 3.63) is 0 Å². The lowest BCUT2D eigenvalue weighted by Gasteiger charge is -2.29. The van der Waals surface area contributed by atoms with Gasteiger partial charge in [-0.15, -0.1) is 5.06 Å². The number of carboxylic acids is 1. The van der Waals surface area contributed by atoms with Gasteiger partial charge in [-0.1, -0.05) is 13.8 Å². The Morgan fingerprint density at radius 1 is 0.686 bits per heavy atom. The van der Waals surface area contributed by atoms with Gasteiger partial charge in [0.05, 0.1) is 24.9 Å². The van der Waals surface area contributed by atoms with Gasteiger partial charge in [-0.2, -0.15) is 0 Å². The molecule has 0 saturated carbocycles. The summed E-state index contributed by atoms with van der Waals surface area (Å²) < 4.78 is 0. The van der Waals surface area contributed by atoms with Crippen LogP contribution in [0.25, 0.3) is 0 Å². The summed E-state index contributed by atoms with van der Waals surface area (Å²) >= 11 is 0. The van der Waals surface area contributed by atoms with Gasteiger partial charge >= 0.3 is 11.9 Å². The van der Waals surface area contributed by atoms with Crippen molar-refractivity contribution in [2.45, 2.75) is 129 Å². The monoisotopic (exact) mass is 723 g/mol. The van der Waals surface area contributed by atoms with Crippen molar-refractivity contribution in [3.8, 4) is 0 Å². The molecule has 0 aromatic rings. The predicted octanol–water partition coefficient (Wildman–Crippen LogP) is 0.216. The minimum Gasteiger partial charge on any atom is -0.481 e. The Morgan fingerprint density at radius 2 is 1.10 bits per heavy atom. The number of nitrogens with one attached hydrogen (secondary N) is 4. The number of nitrogens with zero attached hydrogens (tertiary/aromatic N) is 3. The number of rotatable bonds is 19. The van der Waals surface area contributed by atoms with Gasteiger partial charge in [-0.05, 0) is 65.5 Å². The van der Waals surface area contributed by atoms with Gasteiger partial charge in [0.15, 0.2) is 0 Å². The largest absolute Gasteiger partial charge is 0.481 e.